The molecule has 3 amide bonds. The Morgan fingerprint density at radius 1 is 1.24 bits per heavy atom. The van der Waals surface area contributed by atoms with Gasteiger partial charge in [-0.2, -0.15) is 0 Å². The van der Waals surface area contributed by atoms with E-state index < -0.39 is 23.4 Å². The Bertz CT molecular complexity index is 380. The van der Waals surface area contributed by atoms with E-state index in [0.29, 0.717) is 5.92 Å². The minimum absolute atomic E-state index is 0.0170. The van der Waals surface area contributed by atoms with Gasteiger partial charge in [0.1, 0.15) is 0 Å². The lowest BCUT2D eigenvalue weighted by Gasteiger charge is -2.26. The molecule has 0 aromatic heterocycles. The van der Waals surface area contributed by atoms with Crippen LogP contribution in [0.4, 0.5) is 4.79 Å². The van der Waals surface area contributed by atoms with Gasteiger partial charge in [0.2, 0.25) is 5.91 Å². The topological polar surface area (TPSA) is 122 Å². The highest BCUT2D eigenvalue weighted by atomic mass is 16.4. The number of amides is 3. The number of urea groups is 1. The number of aliphatic carboxylic acids is 1. The van der Waals surface area contributed by atoms with Crippen molar-refractivity contribution in [2.75, 3.05) is 6.54 Å². The highest BCUT2D eigenvalue weighted by molar-refractivity contribution is 5.78. The number of carboxylic acids is 1. The lowest BCUT2D eigenvalue weighted by atomic mass is 9.94. The molecule has 0 saturated carbocycles. The van der Waals surface area contributed by atoms with Crippen molar-refractivity contribution >= 4 is 17.9 Å². The third-order valence-electron chi connectivity index (χ3n) is 2.89. The Morgan fingerprint density at radius 3 is 2.24 bits per heavy atom. The molecule has 1 unspecified atom stereocenters. The zero-order chi connectivity index (χ0) is 16.6. The Morgan fingerprint density at radius 2 is 1.81 bits per heavy atom. The van der Waals surface area contributed by atoms with Gasteiger partial charge in [-0.1, -0.05) is 13.8 Å². The second-order valence-electron chi connectivity index (χ2n) is 6.46. The number of carbonyl (C=O) groups excluding carboxylic acids is 2. The standard InChI is InChI=1S/C14H27N3O4/c1-9(2)5-10(6-12(19)20)8-16-13(21)17-14(3,4)7-11(15)18/h9-10H,5-8H2,1-4H3,(H2,15,18)(H,19,20)(H2,16,17,21). The van der Waals surface area contributed by atoms with Gasteiger partial charge in [0.05, 0.1) is 0 Å². The third-order valence-corrected chi connectivity index (χ3v) is 2.89. The van der Waals surface area contributed by atoms with Gasteiger partial charge in [-0.05, 0) is 32.1 Å². The van der Waals surface area contributed by atoms with Crippen molar-refractivity contribution in [1.29, 1.82) is 0 Å². The average molecular weight is 301 g/mol. The van der Waals surface area contributed by atoms with Gasteiger partial charge in [0.25, 0.3) is 0 Å². The van der Waals surface area contributed by atoms with Crippen molar-refractivity contribution in [1.82, 2.24) is 10.6 Å². The molecule has 0 aromatic rings. The van der Waals surface area contributed by atoms with Gasteiger partial charge in [0.15, 0.2) is 0 Å². The third kappa shape index (κ3) is 10.6. The van der Waals surface area contributed by atoms with Crippen LogP contribution >= 0.6 is 0 Å². The SMILES string of the molecule is CC(C)CC(CNC(=O)NC(C)(C)CC(N)=O)CC(=O)O. The first-order valence-electron chi connectivity index (χ1n) is 7.08. The second-order valence-corrected chi connectivity index (χ2v) is 6.46. The molecular weight excluding hydrogens is 274 g/mol. The molecule has 0 aliphatic heterocycles. The number of primary amides is 1. The van der Waals surface area contributed by atoms with Crippen molar-refractivity contribution in [3.8, 4) is 0 Å². The summed E-state index contributed by atoms with van der Waals surface area (Å²) >= 11 is 0. The van der Waals surface area contributed by atoms with Crippen LogP contribution in [-0.4, -0.2) is 35.1 Å². The normalized spacial score (nSPS) is 12.8. The van der Waals surface area contributed by atoms with E-state index in [-0.39, 0.29) is 25.3 Å². The molecule has 0 aliphatic rings. The molecular formula is C14H27N3O4. The van der Waals surface area contributed by atoms with Crippen LogP contribution in [0, 0.1) is 11.8 Å². The fourth-order valence-electron chi connectivity index (χ4n) is 2.22. The van der Waals surface area contributed by atoms with E-state index in [4.69, 9.17) is 10.8 Å². The number of carboxylic acid groups (broad SMARTS) is 1. The second kappa shape index (κ2) is 8.49. The molecule has 21 heavy (non-hydrogen) atoms. The number of hydrogen-bond acceptors (Lipinski definition) is 3. The van der Waals surface area contributed by atoms with Crippen LogP contribution in [0.5, 0.6) is 0 Å². The predicted molar refractivity (Wildman–Crippen MR) is 79.6 cm³/mol. The summed E-state index contributed by atoms with van der Waals surface area (Å²) in [5, 5.41) is 14.2. The zero-order valence-corrected chi connectivity index (χ0v) is 13.2. The summed E-state index contributed by atoms with van der Waals surface area (Å²) in [6.07, 6.45) is 0.769. The molecule has 0 heterocycles. The van der Waals surface area contributed by atoms with Crippen molar-refractivity contribution < 1.29 is 19.5 Å². The first kappa shape index (κ1) is 19.2. The van der Waals surface area contributed by atoms with Crippen molar-refractivity contribution in [3.63, 3.8) is 0 Å². The van der Waals surface area contributed by atoms with Gasteiger partial charge in [-0.3, -0.25) is 9.59 Å². The van der Waals surface area contributed by atoms with E-state index in [0.717, 1.165) is 6.42 Å². The van der Waals surface area contributed by atoms with Crippen LogP contribution in [-0.2, 0) is 9.59 Å². The number of hydrogen-bond donors (Lipinski definition) is 4. The van der Waals surface area contributed by atoms with E-state index in [1.807, 2.05) is 13.8 Å². The van der Waals surface area contributed by atoms with E-state index in [9.17, 15) is 14.4 Å². The molecule has 0 spiro atoms. The maximum absolute atomic E-state index is 11.8. The number of carbonyl (C=O) groups is 3. The number of nitrogens with two attached hydrogens (primary N) is 1. The Kier molecular flexibility index (Phi) is 7.76. The molecule has 0 aromatic carbocycles. The van der Waals surface area contributed by atoms with Gasteiger partial charge in [-0.15, -0.1) is 0 Å². The summed E-state index contributed by atoms with van der Waals surface area (Å²) in [5.41, 5.74) is 4.37. The van der Waals surface area contributed by atoms with Crippen LogP contribution < -0.4 is 16.4 Å². The fraction of sp³-hybridized carbons (Fsp3) is 0.786. The van der Waals surface area contributed by atoms with Crippen LogP contribution in [0.25, 0.3) is 0 Å². The molecule has 7 nitrogen and oxygen atoms in total. The molecule has 0 bridgehead atoms. The Labute approximate surface area is 125 Å². The van der Waals surface area contributed by atoms with Crippen LogP contribution in [0.15, 0.2) is 0 Å². The predicted octanol–water partition coefficient (Wildman–Crippen LogP) is 1.08. The van der Waals surface area contributed by atoms with Crippen molar-refractivity contribution in [2.45, 2.75) is 52.5 Å². The highest BCUT2D eigenvalue weighted by Gasteiger charge is 2.23. The monoisotopic (exact) mass is 301 g/mol. The summed E-state index contributed by atoms with van der Waals surface area (Å²) in [6.45, 7) is 7.68. The largest absolute Gasteiger partial charge is 0.481 e. The van der Waals surface area contributed by atoms with E-state index >= 15 is 0 Å². The summed E-state index contributed by atoms with van der Waals surface area (Å²) < 4.78 is 0. The minimum atomic E-state index is -0.878. The molecule has 7 heteroatoms. The molecule has 1 atom stereocenters. The summed E-state index contributed by atoms with van der Waals surface area (Å²) in [4.78, 5) is 33.5. The Balaban J connectivity index is 4.35. The molecule has 0 aliphatic carbocycles. The van der Waals surface area contributed by atoms with Crippen LogP contribution in [0.3, 0.4) is 0 Å². The minimum Gasteiger partial charge on any atom is -0.481 e. The lowest BCUT2D eigenvalue weighted by Crippen LogP contribution is -2.51. The fourth-order valence-corrected chi connectivity index (χ4v) is 2.22. The molecule has 0 fully saturated rings. The van der Waals surface area contributed by atoms with Gasteiger partial charge >= 0.3 is 12.0 Å². The quantitative estimate of drug-likeness (QED) is 0.509. The van der Waals surface area contributed by atoms with Crippen molar-refractivity contribution in [3.05, 3.63) is 0 Å². The summed E-state index contributed by atoms with van der Waals surface area (Å²) in [6, 6.07) is -0.430. The smallest absolute Gasteiger partial charge is 0.315 e. The first-order valence-corrected chi connectivity index (χ1v) is 7.08. The van der Waals surface area contributed by atoms with Crippen molar-refractivity contribution in [2.24, 2.45) is 17.6 Å². The molecule has 0 rings (SSSR count). The highest BCUT2D eigenvalue weighted by Crippen LogP contribution is 2.15. The number of nitrogens with one attached hydrogen (secondary N) is 2. The summed E-state index contributed by atoms with van der Waals surface area (Å²) in [5.74, 6) is -1.14. The number of rotatable bonds is 9. The van der Waals surface area contributed by atoms with E-state index in [1.165, 1.54) is 0 Å². The molecule has 122 valence electrons. The zero-order valence-electron chi connectivity index (χ0n) is 13.2. The molecule has 0 saturated heterocycles. The lowest BCUT2D eigenvalue weighted by molar-refractivity contribution is -0.138. The van der Waals surface area contributed by atoms with Crippen LogP contribution in [0.2, 0.25) is 0 Å². The van der Waals surface area contributed by atoms with Gasteiger partial charge < -0.3 is 21.5 Å². The van der Waals surface area contributed by atoms with Gasteiger partial charge in [-0.25, -0.2) is 4.79 Å². The molecule has 5 N–H and O–H groups in total. The average Bonchev–Trinajstić information content (AvgIpc) is 2.21. The van der Waals surface area contributed by atoms with Crippen LogP contribution in [0.1, 0.15) is 47.0 Å². The maximum Gasteiger partial charge on any atom is 0.315 e. The Hall–Kier alpha value is -1.79. The maximum atomic E-state index is 11.8. The van der Waals surface area contributed by atoms with Gasteiger partial charge in [0, 0.05) is 24.9 Å². The van der Waals surface area contributed by atoms with E-state index in [1.54, 1.807) is 13.8 Å². The molecule has 0 radical (unpaired) electrons. The van der Waals surface area contributed by atoms with E-state index in [2.05, 4.69) is 10.6 Å². The first-order chi connectivity index (χ1) is 9.51. The summed E-state index contributed by atoms with van der Waals surface area (Å²) in [7, 11) is 0.